The van der Waals surface area contributed by atoms with Gasteiger partial charge in [-0.25, -0.2) is 0 Å². The molecule has 1 heterocycles. The highest BCUT2D eigenvalue weighted by Gasteiger charge is 2.21. The van der Waals surface area contributed by atoms with Crippen LogP contribution in [0.3, 0.4) is 0 Å². The summed E-state index contributed by atoms with van der Waals surface area (Å²) in [5, 5.41) is 4.19. The van der Waals surface area contributed by atoms with Gasteiger partial charge in [0.05, 0.1) is 17.3 Å². The molecule has 2 aromatic rings. The molecule has 172 valence electrons. The summed E-state index contributed by atoms with van der Waals surface area (Å²) in [4.78, 5) is 29.9. The third-order valence-corrected chi connectivity index (χ3v) is 7.32. The molecule has 0 unspecified atom stereocenters. The predicted molar refractivity (Wildman–Crippen MR) is 133 cm³/mol. The molecule has 1 aliphatic rings. The normalized spacial score (nSPS) is 14.8. The van der Waals surface area contributed by atoms with Gasteiger partial charge in [-0.05, 0) is 43.0 Å². The van der Waals surface area contributed by atoms with E-state index in [-0.39, 0.29) is 11.8 Å². The van der Waals surface area contributed by atoms with Gasteiger partial charge >= 0.3 is 0 Å². The molecule has 0 spiro atoms. The van der Waals surface area contributed by atoms with E-state index in [9.17, 15) is 9.59 Å². The van der Waals surface area contributed by atoms with Crippen LogP contribution in [0, 0.1) is 6.92 Å². The van der Waals surface area contributed by atoms with Gasteiger partial charge in [-0.2, -0.15) is 0 Å². The molecular formula is C24H29Cl2N3O2S. The van der Waals surface area contributed by atoms with E-state index in [0.717, 1.165) is 29.8 Å². The van der Waals surface area contributed by atoms with Gasteiger partial charge in [0.15, 0.2) is 0 Å². The van der Waals surface area contributed by atoms with E-state index in [0.29, 0.717) is 48.5 Å². The smallest absolute Gasteiger partial charge is 0.234 e. The highest BCUT2D eigenvalue weighted by Crippen LogP contribution is 2.32. The second kappa shape index (κ2) is 12.5. The minimum atomic E-state index is 0.0315. The second-order valence-corrected chi connectivity index (χ2v) is 9.75. The lowest BCUT2D eigenvalue weighted by molar-refractivity contribution is -0.128. The molecule has 1 aliphatic heterocycles. The van der Waals surface area contributed by atoms with E-state index < -0.39 is 0 Å². The molecule has 0 aromatic heterocycles. The molecular weight excluding hydrogens is 465 g/mol. The summed E-state index contributed by atoms with van der Waals surface area (Å²) < 4.78 is 0. The van der Waals surface area contributed by atoms with E-state index in [1.807, 2.05) is 36.1 Å². The second-order valence-electron chi connectivity index (χ2n) is 7.92. The fourth-order valence-electron chi connectivity index (χ4n) is 3.60. The molecule has 0 bridgehead atoms. The average molecular weight is 494 g/mol. The summed E-state index contributed by atoms with van der Waals surface area (Å²) >= 11 is 13.8. The predicted octanol–water partition coefficient (Wildman–Crippen LogP) is 4.29. The van der Waals surface area contributed by atoms with Crippen molar-refractivity contribution in [3.63, 3.8) is 0 Å². The number of carbonyl (C=O) groups excluding carboxylic acids is 2. The number of carbonyl (C=O) groups is 2. The summed E-state index contributed by atoms with van der Waals surface area (Å²) in [6, 6.07) is 13.8. The number of nitrogens with one attached hydrogen (secondary N) is 1. The first-order chi connectivity index (χ1) is 15.4. The first-order valence-electron chi connectivity index (χ1n) is 10.8. The van der Waals surface area contributed by atoms with Gasteiger partial charge in [-0.15, -0.1) is 11.8 Å². The summed E-state index contributed by atoms with van der Waals surface area (Å²) in [5.41, 5.74) is 2.16. The van der Waals surface area contributed by atoms with E-state index in [1.54, 1.807) is 6.07 Å². The topological polar surface area (TPSA) is 52.7 Å². The van der Waals surface area contributed by atoms with Crippen molar-refractivity contribution < 1.29 is 9.59 Å². The molecule has 32 heavy (non-hydrogen) atoms. The number of aryl methyl sites for hydroxylation is 1. The van der Waals surface area contributed by atoms with Crippen LogP contribution in [0.4, 0.5) is 0 Å². The Labute approximate surface area is 204 Å². The summed E-state index contributed by atoms with van der Waals surface area (Å²) in [5.74, 6) is 0.456. The Kier molecular flexibility index (Phi) is 9.72. The lowest BCUT2D eigenvalue weighted by atomic mass is 10.1. The van der Waals surface area contributed by atoms with Crippen molar-refractivity contribution in [1.29, 1.82) is 0 Å². The summed E-state index contributed by atoms with van der Waals surface area (Å²) in [6.45, 7) is 5.76. The molecule has 0 atom stereocenters. The van der Waals surface area contributed by atoms with Crippen molar-refractivity contribution in [2.24, 2.45) is 0 Å². The maximum Gasteiger partial charge on any atom is 0.234 e. The number of benzene rings is 2. The molecule has 2 amide bonds. The van der Waals surface area contributed by atoms with Crippen LogP contribution in [0.1, 0.15) is 17.5 Å². The molecule has 1 fully saturated rings. The zero-order chi connectivity index (χ0) is 22.9. The van der Waals surface area contributed by atoms with Crippen molar-refractivity contribution in [3.05, 3.63) is 63.6 Å². The molecule has 5 nitrogen and oxygen atoms in total. The van der Waals surface area contributed by atoms with Crippen LogP contribution >= 0.6 is 35.0 Å². The number of halogens is 2. The molecule has 2 aromatic carbocycles. The summed E-state index contributed by atoms with van der Waals surface area (Å²) in [7, 11) is 0. The monoisotopic (exact) mass is 493 g/mol. The standard InChI is InChI=1S/C24H29Cl2N3O2S/c1-18-14-22(21(26)15-20(18)25)32-17-24(31)29-11-5-10-28(12-13-29)16-23(30)27-9-8-19-6-3-2-4-7-19/h2-4,6-7,14-15H,5,8-13,16-17H2,1H3,(H,27,30). The van der Waals surface area contributed by atoms with Gasteiger partial charge in [-0.3, -0.25) is 14.5 Å². The van der Waals surface area contributed by atoms with Gasteiger partial charge in [0.2, 0.25) is 11.8 Å². The maximum absolute atomic E-state index is 12.7. The average Bonchev–Trinajstić information content (AvgIpc) is 3.01. The van der Waals surface area contributed by atoms with Crippen molar-refractivity contribution in [1.82, 2.24) is 15.1 Å². The van der Waals surface area contributed by atoms with Crippen LogP contribution in [0.25, 0.3) is 0 Å². The van der Waals surface area contributed by atoms with Crippen LogP contribution < -0.4 is 5.32 Å². The molecule has 0 saturated carbocycles. The lowest BCUT2D eigenvalue weighted by Crippen LogP contribution is -2.40. The number of thioether (sulfide) groups is 1. The Morgan fingerprint density at radius 3 is 2.59 bits per heavy atom. The summed E-state index contributed by atoms with van der Waals surface area (Å²) in [6.07, 6.45) is 1.68. The van der Waals surface area contributed by atoms with Crippen LogP contribution in [-0.2, 0) is 16.0 Å². The lowest BCUT2D eigenvalue weighted by Gasteiger charge is -2.22. The van der Waals surface area contributed by atoms with Gasteiger partial charge < -0.3 is 10.2 Å². The van der Waals surface area contributed by atoms with Crippen molar-refractivity contribution in [2.75, 3.05) is 45.0 Å². The van der Waals surface area contributed by atoms with Crippen LogP contribution in [0.2, 0.25) is 10.0 Å². The number of rotatable bonds is 8. The van der Waals surface area contributed by atoms with Crippen molar-refractivity contribution >= 4 is 46.8 Å². The van der Waals surface area contributed by atoms with Crippen molar-refractivity contribution in [3.8, 4) is 0 Å². The Bertz CT molecular complexity index is 927. The Hall–Kier alpha value is -1.73. The quantitative estimate of drug-likeness (QED) is 0.557. The first-order valence-corrected chi connectivity index (χ1v) is 12.6. The van der Waals surface area contributed by atoms with Crippen LogP contribution in [0.5, 0.6) is 0 Å². The number of nitrogens with zero attached hydrogens (tertiary/aromatic N) is 2. The molecule has 1 N–H and O–H groups in total. The van der Waals surface area contributed by atoms with E-state index >= 15 is 0 Å². The minimum absolute atomic E-state index is 0.0315. The van der Waals surface area contributed by atoms with E-state index in [4.69, 9.17) is 23.2 Å². The fourth-order valence-corrected chi connectivity index (χ4v) is 5.07. The minimum Gasteiger partial charge on any atom is -0.355 e. The third-order valence-electron chi connectivity index (χ3n) is 5.45. The first kappa shape index (κ1) is 24.9. The van der Waals surface area contributed by atoms with Crippen LogP contribution in [-0.4, -0.2) is 66.6 Å². The highest BCUT2D eigenvalue weighted by atomic mass is 35.5. The highest BCUT2D eigenvalue weighted by molar-refractivity contribution is 8.00. The van der Waals surface area contributed by atoms with Gasteiger partial charge in [-0.1, -0.05) is 53.5 Å². The van der Waals surface area contributed by atoms with Gasteiger partial charge in [0.25, 0.3) is 0 Å². The van der Waals surface area contributed by atoms with Gasteiger partial charge in [0.1, 0.15) is 0 Å². The molecule has 8 heteroatoms. The number of hydrogen-bond donors (Lipinski definition) is 1. The number of hydrogen-bond acceptors (Lipinski definition) is 4. The SMILES string of the molecule is Cc1cc(SCC(=O)N2CCCN(CC(=O)NCCc3ccccc3)CC2)c(Cl)cc1Cl. The Morgan fingerprint density at radius 1 is 1.03 bits per heavy atom. The van der Waals surface area contributed by atoms with Gasteiger partial charge in [0, 0.05) is 42.6 Å². The zero-order valence-corrected chi connectivity index (χ0v) is 20.6. The molecule has 0 aliphatic carbocycles. The maximum atomic E-state index is 12.7. The van der Waals surface area contributed by atoms with Crippen molar-refractivity contribution in [2.45, 2.75) is 24.7 Å². The largest absolute Gasteiger partial charge is 0.355 e. The molecule has 1 saturated heterocycles. The third kappa shape index (κ3) is 7.69. The van der Waals surface area contributed by atoms with E-state index in [1.165, 1.54) is 17.3 Å². The number of amides is 2. The fraction of sp³-hybridized carbons (Fsp3) is 0.417. The molecule has 3 rings (SSSR count). The Morgan fingerprint density at radius 2 is 1.81 bits per heavy atom. The molecule has 0 radical (unpaired) electrons. The zero-order valence-electron chi connectivity index (χ0n) is 18.3. The Balaban J connectivity index is 1.39. The van der Waals surface area contributed by atoms with E-state index in [2.05, 4.69) is 22.3 Å². The van der Waals surface area contributed by atoms with Crippen LogP contribution in [0.15, 0.2) is 47.4 Å².